The Morgan fingerprint density at radius 3 is 2.66 bits per heavy atom. The quantitative estimate of drug-likeness (QED) is 0.545. The monoisotopic (exact) mass is 443 g/mol. The molecule has 1 aliphatic heterocycles. The van der Waals surface area contributed by atoms with Gasteiger partial charge in [-0.05, 0) is 65.5 Å². The number of nitrogens with zero attached hydrogens (tertiary/aromatic N) is 6. The minimum atomic E-state index is -0.471. The molecular weight excluding hydrogens is 406 g/mol. The lowest BCUT2D eigenvalue weighted by molar-refractivity contribution is 0.0214. The molecule has 0 unspecified atom stereocenters. The predicted octanol–water partition coefficient (Wildman–Crippen LogP) is 3.16. The number of likely N-dealkylation sites (tertiary alicyclic amines) is 1. The van der Waals surface area contributed by atoms with E-state index in [1.54, 1.807) is 0 Å². The van der Waals surface area contributed by atoms with Crippen LogP contribution in [0.15, 0.2) is 29.4 Å². The van der Waals surface area contributed by atoms with Crippen molar-refractivity contribution in [3.63, 3.8) is 0 Å². The van der Waals surface area contributed by atoms with Crippen LogP contribution in [0.2, 0.25) is 0 Å². The first-order valence-corrected chi connectivity index (χ1v) is 11.6. The zero-order valence-electron chi connectivity index (χ0n) is 20.0. The highest BCUT2D eigenvalue weighted by atomic mass is 16.6. The van der Waals surface area contributed by atoms with E-state index in [9.17, 15) is 4.79 Å². The molecule has 1 N–H and O–H groups in total. The van der Waals surface area contributed by atoms with Gasteiger partial charge in [-0.25, -0.2) is 9.79 Å². The number of aliphatic imine (C=N–C) groups is 1. The van der Waals surface area contributed by atoms with E-state index in [1.165, 1.54) is 0 Å². The van der Waals surface area contributed by atoms with Crippen molar-refractivity contribution in [2.75, 3.05) is 32.7 Å². The highest BCUT2D eigenvalue weighted by Crippen LogP contribution is 2.20. The zero-order chi connectivity index (χ0) is 23.1. The third kappa shape index (κ3) is 6.34. The number of rotatable bonds is 6. The average molecular weight is 444 g/mol. The zero-order valence-corrected chi connectivity index (χ0v) is 20.0. The number of ether oxygens (including phenoxy) is 1. The average Bonchev–Trinajstić information content (AvgIpc) is 3.17. The first-order chi connectivity index (χ1) is 15.3. The summed E-state index contributed by atoms with van der Waals surface area (Å²) in [7, 11) is 0. The molecule has 1 aliphatic rings. The molecule has 1 fully saturated rings. The summed E-state index contributed by atoms with van der Waals surface area (Å²) in [6, 6.07) is 5.86. The number of amides is 1. The predicted molar refractivity (Wildman–Crippen MR) is 126 cm³/mol. The lowest BCUT2D eigenvalue weighted by Gasteiger charge is -2.36. The van der Waals surface area contributed by atoms with Crippen LogP contribution < -0.4 is 5.32 Å². The molecule has 0 saturated carbocycles. The van der Waals surface area contributed by atoms with E-state index in [-0.39, 0.29) is 6.09 Å². The number of hydrogen-bond donors (Lipinski definition) is 1. The molecule has 0 aromatic carbocycles. The van der Waals surface area contributed by atoms with E-state index in [0.717, 1.165) is 56.5 Å². The Labute approximate surface area is 190 Å². The highest BCUT2D eigenvalue weighted by Gasteiger charge is 2.27. The van der Waals surface area contributed by atoms with Crippen molar-refractivity contribution in [1.82, 2.24) is 29.7 Å². The Kier molecular flexibility index (Phi) is 7.93. The molecule has 1 amide bonds. The summed E-state index contributed by atoms with van der Waals surface area (Å²) in [4.78, 5) is 21.4. The number of piperidine rings is 1. The van der Waals surface area contributed by atoms with Crippen LogP contribution in [0, 0.1) is 5.92 Å². The maximum Gasteiger partial charge on any atom is 0.410 e. The minimum Gasteiger partial charge on any atom is -0.444 e. The van der Waals surface area contributed by atoms with Gasteiger partial charge in [0.2, 0.25) is 0 Å². The second kappa shape index (κ2) is 10.7. The van der Waals surface area contributed by atoms with Gasteiger partial charge in [0.05, 0.1) is 0 Å². The molecule has 2 aromatic heterocycles. The molecule has 0 radical (unpaired) electrons. The summed E-state index contributed by atoms with van der Waals surface area (Å²) in [5, 5.41) is 11.9. The number of carbonyl (C=O) groups is 1. The van der Waals surface area contributed by atoms with Crippen LogP contribution in [0.5, 0.6) is 0 Å². The maximum absolute atomic E-state index is 12.5. The minimum absolute atomic E-state index is 0.224. The van der Waals surface area contributed by atoms with Gasteiger partial charge in [-0.2, -0.15) is 0 Å². The van der Waals surface area contributed by atoms with E-state index in [0.29, 0.717) is 19.0 Å². The van der Waals surface area contributed by atoms with Crippen LogP contribution in [0.4, 0.5) is 4.79 Å². The van der Waals surface area contributed by atoms with Crippen molar-refractivity contribution < 1.29 is 9.53 Å². The topological polar surface area (TPSA) is 87.4 Å². The Balaban J connectivity index is 1.57. The van der Waals surface area contributed by atoms with Crippen LogP contribution >= 0.6 is 0 Å². The SMILES string of the molecule is CCNC(=NCc1nnc2ccccn12)N1CCC(CN(CC)C(=O)OC(C)(C)C)CC1. The van der Waals surface area contributed by atoms with Crippen molar-refractivity contribution in [2.45, 2.75) is 59.6 Å². The van der Waals surface area contributed by atoms with E-state index in [1.807, 2.05) is 61.4 Å². The van der Waals surface area contributed by atoms with Crippen LogP contribution in [-0.4, -0.2) is 74.8 Å². The lowest BCUT2D eigenvalue weighted by Crippen LogP contribution is -2.47. The molecule has 3 heterocycles. The highest BCUT2D eigenvalue weighted by molar-refractivity contribution is 5.80. The third-order valence-corrected chi connectivity index (χ3v) is 5.52. The van der Waals surface area contributed by atoms with E-state index in [4.69, 9.17) is 9.73 Å². The molecule has 3 rings (SSSR count). The number of pyridine rings is 1. The van der Waals surface area contributed by atoms with Gasteiger partial charge in [-0.3, -0.25) is 4.40 Å². The van der Waals surface area contributed by atoms with Gasteiger partial charge in [-0.15, -0.1) is 10.2 Å². The molecule has 2 aromatic rings. The van der Waals surface area contributed by atoms with Crippen LogP contribution in [0.3, 0.4) is 0 Å². The lowest BCUT2D eigenvalue weighted by atomic mass is 9.96. The Morgan fingerprint density at radius 1 is 1.25 bits per heavy atom. The number of nitrogens with one attached hydrogen (secondary N) is 1. The summed E-state index contributed by atoms with van der Waals surface area (Å²) in [5.41, 5.74) is 0.356. The van der Waals surface area contributed by atoms with Crippen molar-refractivity contribution in [2.24, 2.45) is 10.9 Å². The van der Waals surface area contributed by atoms with Crippen LogP contribution in [0.25, 0.3) is 5.65 Å². The van der Waals surface area contributed by atoms with Crippen molar-refractivity contribution in [1.29, 1.82) is 0 Å². The molecule has 9 nitrogen and oxygen atoms in total. The van der Waals surface area contributed by atoms with Crippen molar-refractivity contribution >= 4 is 17.7 Å². The van der Waals surface area contributed by atoms with E-state index >= 15 is 0 Å². The number of fused-ring (bicyclic) bond motifs is 1. The summed E-state index contributed by atoms with van der Waals surface area (Å²) < 4.78 is 7.52. The molecule has 32 heavy (non-hydrogen) atoms. The smallest absolute Gasteiger partial charge is 0.410 e. The fourth-order valence-corrected chi connectivity index (χ4v) is 3.87. The molecule has 0 bridgehead atoms. The summed E-state index contributed by atoms with van der Waals surface area (Å²) in [6.45, 7) is 14.3. The Bertz CT molecular complexity index is 910. The molecule has 0 atom stereocenters. The molecule has 176 valence electrons. The van der Waals surface area contributed by atoms with Crippen molar-refractivity contribution in [3.05, 3.63) is 30.2 Å². The van der Waals surface area contributed by atoms with Gasteiger partial charge < -0.3 is 19.9 Å². The fourth-order valence-electron chi connectivity index (χ4n) is 3.87. The maximum atomic E-state index is 12.5. The Hall–Kier alpha value is -2.84. The normalized spacial score (nSPS) is 15.8. The first-order valence-electron chi connectivity index (χ1n) is 11.6. The molecular formula is C23H37N7O2. The van der Waals surface area contributed by atoms with E-state index < -0.39 is 5.60 Å². The largest absolute Gasteiger partial charge is 0.444 e. The Morgan fingerprint density at radius 2 is 2.00 bits per heavy atom. The summed E-state index contributed by atoms with van der Waals surface area (Å²) >= 11 is 0. The van der Waals surface area contributed by atoms with Gasteiger partial charge in [0.1, 0.15) is 12.1 Å². The summed E-state index contributed by atoms with van der Waals surface area (Å²) in [5.74, 6) is 2.18. The molecule has 0 spiro atoms. The van der Waals surface area contributed by atoms with Gasteiger partial charge in [-0.1, -0.05) is 6.07 Å². The van der Waals surface area contributed by atoms with Gasteiger partial charge in [0.25, 0.3) is 0 Å². The standard InChI is InChI=1S/C23H37N7O2/c1-6-24-21(25-16-20-27-26-19-10-8-9-13-30(19)20)29-14-11-18(12-15-29)17-28(7-2)22(31)32-23(3,4)5/h8-10,13,18H,6-7,11-12,14-17H2,1-5H3,(H,24,25). The number of aromatic nitrogens is 3. The number of carbonyl (C=O) groups excluding carboxylic acids is 1. The first kappa shape index (κ1) is 23.8. The van der Waals surface area contributed by atoms with Gasteiger partial charge in [0.15, 0.2) is 17.4 Å². The molecule has 1 saturated heterocycles. The second-order valence-corrected chi connectivity index (χ2v) is 9.16. The third-order valence-electron chi connectivity index (χ3n) is 5.52. The van der Waals surface area contributed by atoms with Gasteiger partial charge in [0, 0.05) is 38.9 Å². The number of hydrogen-bond acceptors (Lipinski definition) is 5. The van der Waals surface area contributed by atoms with E-state index in [2.05, 4.69) is 27.3 Å². The van der Waals surface area contributed by atoms with Gasteiger partial charge >= 0.3 is 6.09 Å². The second-order valence-electron chi connectivity index (χ2n) is 9.16. The molecule has 9 heteroatoms. The van der Waals surface area contributed by atoms with Crippen LogP contribution in [0.1, 0.15) is 53.3 Å². The molecule has 0 aliphatic carbocycles. The van der Waals surface area contributed by atoms with Crippen LogP contribution in [-0.2, 0) is 11.3 Å². The summed E-state index contributed by atoms with van der Waals surface area (Å²) in [6.07, 6.45) is 3.76. The fraction of sp³-hybridized carbons (Fsp3) is 0.652. The number of guanidine groups is 1. The van der Waals surface area contributed by atoms with Crippen molar-refractivity contribution in [3.8, 4) is 0 Å².